The summed E-state index contributed by atoms with van der Waals surface area (Å²) in [5, 5.41) is 14.6. The number of ether oxygens (including phenoxy) is 4. The summed E-state index contributed by atoms with van der Waals surface area (Å²) >= 11 is 0. The lowest BCUT2D eigenvalue weighted by Gasteiger charge is -2.39. The molecule has 15 nitrogen and oxygen atoms in total. The summed E-state index contributed by atoms with van der Waals surface area (Å²) in [5.41, 5.74) is 1.08. The molecule has 1 unspecified atom stereocenters. The van der Waals surface area contributed by atoms with Gasteiger partial charge in [-0.05, 0) is 104 Å². The Balaban J connectivity index is 1.39. The van der Waals surface area contributed by atoms with Crippen LogP contribution in [0.25, 0.3) is 10.8 Å². The monoisotopic (exact) mass is 942 g/mol. The smallest absolute Gasteiger partial charge is 0.330 e. The van der Waals surface area contributed by atoms with Gasteiger partial charge in [0.05, 0.1) is 39.9 Å². The summed E-state index contributed by atoms with van der Waals surface area (Å²) in [5.74, 6) is 0.851. The van der Waals surface area contributed by atoms with Crippen molar-refractivity contribution < 1.29 is 32.8 Å². The number of rotatable bonds is 20. The molecule has 7 rings (SSSR count). The number of nitrogens with one attached hydrogen (secondary N) is 2. The number of amides is 1. The number of methoxy groups -OCH3 is 2. The average Bonchev–Trinajstić information content (AvgIpc) is 3.66. The first-order valence-corrected chi connectivity index (χ1v) is 23.6. The number of H-pyrrole nitrogens is 1. The number of nitriles is 1. The second-order valence-corrected chi connectivity index (χ2v) is 18.6. The molecule has 1 aliphatic rings. The molecule has 6 aromatic rings. The van der Waals surface area contributed by atoms with E-state index in [4.69, 9.17) is 28.0 Å². The van der Waals surface area contributed by atoms with Crippen LogP contribution in [0.2, 0.25) is 0 Å². The van der Waals surface area contributed by atoms with Gasteiger partial charge >= 0.3 is 5.69 Å². The van der Waals surface area contributed by atoms with Gasteiger partial charge in [-0.15, -0.1) is 0 Å². The van der Waals surface area contributed by atoms with Crippen molar-refractivity contribution in [2.45, 2.75) is 76.3 Å². The van der Waals surface area contributed by atoms with Gasteiger partial charge in [-0.25, -0.2) is 9.46 Å². The van der Waals surface area contributed by atoms with Crippen molar-refractivity contribution in [2.24, 2.45) is 0 Å². The minimum absolute atomic E-state index is 0.0748. The molecule has 68 heavy (non-hydrogen) atoms. The number of anilines is 1. The van der Waals surface area contributed by atoms with Crippen LogP contribution in [0.15, 0.2) is 137 Å². The lowest BCUT2D eigenvalue weighted by atomic mass is 9.80. The minimum atomic E-state index is -1.95. The van der Waals surface area contributed by atoms with Crippen LogP contribution < -0.4 is 30.9 Å². The predicted molar refractivity (Wildman–Crippen MR) is 263 cm³/mol. The van der Waals surface area contributed by atoms with Gasteiger partial charge in [-0.2, -0.15) is 5.26 Å². The van der Waals surface area contributed by atoms with E-state index in [0.717, 1.165) is 33.2 Å². The summed E-state index contributed by atoms with van der Waals surface area (Å²) < 4.78 is 42.5. The highest BCUT2D eigenvalue weighted by atomic mass is 31.2. The van der Waals surface area contributed by atoms with Crippen LogP contribution in [0.3, 0.4) is 0 Å². The normalized spacial score (nSPS) is 17.6. The summed E-state index contributed by atoms with van der Waals surface area (Å²) in [6.07, 6.45) is -1.83. The van der Waals surface area contributed by atoms with Crippen LogP contribution in [0.4, 0.5) is 5.69 Å². The van der Waals surface area contributed by atoms with Crippen LogP contribution in [0.5, 0.6) is 11.5 Å². The number of hydrogen-bond acceptors (Lipinski definition) is 12. The molecule has 0 aliphatic carbocycles. The number of aromatic amines is 1. The first-order chi connectivity index (χ1) is 32.8. The maximum absolute atomic E-state index is 14.7. The fourth-order valence-electron chi connectivity index (χ4n) is 8.59. The fourth-order valence-corrected chi connectivity index (χ4v) is 10.4. The SMILES string of the molecule is COc1ccc(C(OC[C@H]2O[C@@H](n3ccc(=O)[nH]c3=O)[C@H](NC(=O)c3ccc4cc(N(C)C)ccc4c3)[C@@H]2OP(OCCC#N)N(C(C)C)C(C)C)(c2ccccc2)c2ccc(OC)cc2)cc1. The Bertz CT molecular complexity index is 2740. The van der Waals surface area contributed by atoms with E-state index in [1.165, 1.54) is 16.8 Å². The molecule has 1 aromatic heterocycles. The van der Waals surface area contributed by atoms with Gasteiger partial charge < -0.3 is 38.2 Å². The molecule has 1 aliphatic heterocycles. The third-order valence-electron chi connectivity index (χ3n) is 11.9. The first-order valence-electron chi connectivity index (χ1n) is 22.5. The lowest BCUT2D eigenvalue weighted by molar-refractivity contribution is -0.0928. The molecular formula is C52H59N6O9P. The fraction of sp³-hybridized carbons (Fsp3) is 0.346. The van der Waals surface area contributed by atoms with E-state index in [1.54, 1.807) is 20.3 Å². The molecule has 0 saturated carbocycles. The zero-order valence-corrected chi connectivity index (χ0v) is 40.5. The molecule has 1 amide bonds. The molecule has 0 bridgehead atoms. The number of benzene rings is 5. The molecule has 356 valence electrons. The molecular weight excluding hydrogens is 884 g/mol. The third kappa shape index (κ3) is 10.8. The highest BCUT2D eigenvalue weighted by Crippen LogP contribution is 2.51. The Labute approximate surface area is 398 Å². The Kier molecular flexibility index (Phi) is 16.1. The van der Waals surface area contributed by atoms with Crippen molar-refractivity contribution in [1.29, 1.82) is 5.26 Å². The van der Waals surface area contributed by atoms with Crippen LogP contribution in [-0.4, -0.2) is 92.0 Å². The maximum Gasteiger partial charge on any atom is 0.330 e. The molecule has 16 heteroatoms. The van der Waals surface area contributed by atoms with Gasteiger partial charge in [0.1, 0.15) is 35.3 Å². The van der Waals surface area contributed by atoms with Crippen LogP contribution in [0, 0.1) is 11.3 Å². The van der Waals surface area contributed by atoms with Gasteiger partial charge in [0.25, 0.3) is 20.0 Å². The summed E-state index contributed by atoms with van der Waals surface area (Å²) in [4.78, 5) is 45.3. The maximum atomic E-state index is 14.7. The predicted octanol–water partition coefficient (Wildman–Crippen LogP) is 8.14. The Morgan fingerprint density at radius 1 is 0.838 bits per heavy atom. The zero-order valence-electron chi connectivity index (χ0n) is 39.6. The molecule has 0 radical (unpaired) electrons. The van der Waals surface area contributed by atoms with E-state index in [9.17, 15) is 19.6 Å². The van der Waals surface area contributed by atoms with Gasteiger partial charge in [0.15, 0.2) is 6.23 Å². The van der Waals surface area contributed by atoms with Crippen LogP contribution in [-0.2, 0) is 24.1 Å². The lowest BCUT2D eigenvalue weighted by Crippen LogP contribution is -2.50. The summed E-state index contributed by atoms with van der Waals surface area (Å²) in [6.45, 7) is 8.02. The van der Waals surface area contributed by atoms with Crippen molar-refractivity contribution in [2.75, 3.05) is 46.4 Å². The molecule has 2 heterocycles. The van der Waals surface area contributed by atoms with Crippen LogP contribution in [0.1, 0.15) is 67.4 Å². The van der Waals surface area contributed by atoms with Gasteiger partial charge in [0.2, 0.25) is 0 Å². The van der Waals surface area contributed by atoms with E-state index in [2.05, 4.69) is 21.0 Å². The molecule has 1 fully saturated rings. The first kappa shape index (κ1) is 49.5. The van der Waals surface area contributed by atoms with Crippen LogP contribution >= 0.6 is 8.53 Å². The van der Waals surface area contributed by atoms with Crippen molar-refractivity contribution in [3.63, 3.8) is 0 Å². The van der Waals surface area contributed by atoms with E-state index >= 15 is 0 Å². The highest BCUT2D eigenvalue weighted by Gasteiger charge is 2.51. The topological polar surface area (TPSA) is 170 Å². The number of aromatic nitrogens is 2. The number of hydrogen-bond donors (Lipinski definition) is 2. The molecule has 5 atom stereocenters. The quantitative estimate of drug-likeness (QED) is 0.0429. The second-order valence-electron chi connectivity index (χ2n) is 17.2. The van der Waals surface area contributed by atoms with Gasteiger partial charge in [-0.1, -0.05) is 66.7 Å². The highest BCUT2D eigenvalue weighted by molar-refractivity contribution is 7.44. The Morgan fingerprint density at radius 2 is 1.44 bits per heavy atom. The minimum Gasteiger partial charge on any atom is -0.497 e. The second kappa shape index (κ2) is 22.2. The van der Waals surface area contributed by atoms with E-state index in [-0.39, 0.29) is 31.7 Å². The molecule has 0 spiro atoms. The van der Waals surface area contributed by atoms with E-state index in [0.29, 0.717) is 17.1 Å². The molecule has 2 N–H and O–H groups in total. The molecule has 5 aromatic carbocycles. The number of fused-ring (bicyclic) bond motifs is 1. The zero-order chi connectivity index (χ0) is 48.5. The van der Waals surface area contributed by atoms with E-state index in [1.807, 2.05) is 156 Å². The van der Waals surface area contributed by atoms with Crippen molar-refractivity contribution in [3.8, 4) is 17.6 Å². The van der Waals surface area contributed by atoms with E-state index < -0.39 is 55.8 Å². The molecule has 1 saturated heterocycles. The van der Waals surface area contributed by atoms with Gasteiger partial charge in [0, 0.05) is 49.7 Å². The standard InChI is InChI=1S/C52H59N6O9P/c1-34(2)58(35(3)4)68(65-30-12-28-53)67-48-45(33-64-52(39-13-10-9-11-14-39,40-18-23-43(62-7)24-19-40)41-20-25-44(63-8)26-21-41)66-50(57-29-27-46(59)54-51(57)61)47(48)55-49(60)38-16-15-37-32-42(56(5)6)22-17-36(37)31-38/h9-11,13-27,29,31-32,34-35,45,47-48,50H,12,30,33H2,1-8H3,(H,55,60)(H,54,59,61)/t45-,47-,48-,50-,68?/m1/s1. The average molecular weight is 943 g/mol. The summed E-state index contributed by atoms with van der Waals surface area (Å²) in [6, 6.07) is 38.6. The summed E-state index contributed by atoms with van der Waals surface area (Å²) in [7, 11) is 5.19. The van der Waals surface area contributed by atoms with Crippen molar-refractivity contribution >= 4 is 30.9 Å². The van der Waals surface area contributed by atoms with Crippen molar-refractivity contribution in [3.05, 3.63) is 171 Å². The Hall–Kier alpha value is -6.37. The van der Waals surface area contributed by atoms with Crippen molar-refractivity contribution in [1.82, 2.24) is 19.5 Å². The number of carbonyl (C=O) groups is 1. The number of carbonyl (C=O) groups excluding carboxylic acids is 1. The largest absolute Gasteiger partial charge is 0.497 e. The third-order valence-corrected chi connectivity index (χ3v) is 14.0. The van der Waals surface area contributed by atoms with Gasteiger partial charge in [-0.3, -0.25) is 19.1 Å². The Morgan fingerprint density at radius 3 is 2.01 bits per heavy atom. The number of nitrogens with zero attached hydrogens (tertiary/aromatic N) is 4.